The van der Waals surface area contributed by atoms with Gasteiger partial charge in [-0.05, 0) is 41.8 Å². The van der Waals surface area contributed by atoms with Crippen molar-refractivity contribution in [1.82, 2.24) is 15.1 Å². The van der Waals surface area contributed by atoms with Gasteiger partial charge in [-0.25, -0.2) is 4.79 Å². The van der Waals surface area contributed by atoms with Crippen molar-refractivity contribution in [3.8, 4) is 0 Å². The second kappa shape index (κ2) is 7.99. The second-order valence-electron chi connectivity index (χ2n) is 5.63. The highest BCUT2D eigenvalue weighted by molar-refractivity contribution is 5.82. The van der Waals surface area contributed by atoms with Crippen LogP contribution < -0.4 is 5.32 Å². The Labute approximate surface area is 116 Å². The molecule has 2 amide bonds. The summed E-state index contributed by atoms with van der Waals surface area (Å²) in [5.41, 5.74) is -0.553. The average molecular weight is 273 g/mol. The molecule has 112 valence electrons. The molecule has 0 aliphatic rings. The summed E-state index contributed by atoms with van der Waals surface area (Å²) < 4.78 is 5.07. The summed E-state index contributed by atoms with van der Waals surface area (Å²) in [4.78, 5) is 27.0. The molecule has 1 N–H and O–H groups in total. The van der Waals surface area contributed by atoms with Crippen molar-refractivity contribution in [2.24, 2.45) is 0 Å². The van der Waals surface area contributed by atoms with Gasteiger partial charge in [-0.15, -0.1) is 0 Å². The van der Waals surface area contributed by atoms with Gasteiger partial charge in [0.05, 0.1) is 0 Å². The van der Waals surface area contributed by atoms with Crippen molar-refractivity contribution in [3.05, 3.63) is 0 Å². The fraction of sp³-hybridized carbons (Fsp3) is 0.846. The van der Waals surface area contributed by atoms with Crippen LogP contribution in [0.25, 0.3) is 0 Å². The quantitative estimate of drug-likeness (QED) is 0.782. The Hall–Kier alpha value is -1.30. The molecule has 0 aromatic heterocycles. The average Bonchev–Trinajstić information content (AvgIpc) is 2.24. The molecule has 0 heterocycles. The maximum atomic E-state index is 11.9. The first kappa shape index (κ1) is 17.7. The largest absolute Gasteiger partial charge is 0.444 e. The first-order chi connectivity index (χ1) is 8.65. The van der Waals surface area contributed by atoms with Gasteiger partial charge < -0.3 is 19.9 Å². The molecule has 0 radical (unpaired) electrons. The minimum absolute atomic E-state index is 0.0316. The van der Waals surface area contributed by atoms with E-state index >= 15 is 0 Å². The van der Waals surface area contributed by atoms with Crippen LogP contribution in [0.3, 0.4) is 0 Å². The van der Waals surface area contributed by atoms with Crippen LogP contribution in [0.15, 0.2) is 0 Å². The highest BCUT2D eigenvalue weighted by Crippen LogP contribution is 2.06. The summed E-state index contributed by atoms with van der Waals surface area (Å²) in [6.45, 7) is 9.31. The molecule has 0 aliphatic heterocycles. The molecular formula is C13H27N3O3. The molecule has 0 aromatic carbocycles. The number of likely N-dealkylation sites (N-methyl/N-ethyl adjacent to an activating group) is 2. The SMILES string of the molecule is CCN(CCN(C)C)C(=O)CNC(=O)OC(C)(C)C. The standard InChI is InChI=1S/C13H27N3O3/c1-7-16(9-8-15(5)6)11(17)10-14-12(18)19-13(2,3)4/h7-10H2,1-6H3,(H,14,18). The molecule has 0 fully saturated rings. The van der Waals surface area contributed by atoms with Crippen molar-refractivity contribution >= 4 is 12.0 Å². The van der Waals surface area contributed by atoms with E-state index in [4.69, 9.17) is 4.74 Å². The van der Waals surface area contributed by atoms with Gasteiger partial charge in [0, 0.05) is 19.6 Å². The van der Waals surface area contributed by atoms with Gasteiger partial charge in [0.2, 0.25) is 5.91 Å². The third-order valence-electron chi connectivity index (χ3n) is 2.33. The Morgan fingerprint density at radius 3 is 2.16 bits per heavy atom. The van der Waals surface area contributed by atoms with Gasteiger partial charge in [-0.3, -0.25) is 4.79 Å². The number of ether oxygens (including phenoxy) is 1. The third kappa shape index (κ3) is 9.30. The van der Waals surface area contributed by atoms with Gasteiger partial charge in [0.1, 0.15) is 12.1 Å². The lowest BCUT2D eigenvalue weighted by atomic mass is 10.2. The number of nitrogens with one attached hydrogen (secondary N) is 1. The van der Waals surface area contributed by atoms with E-state index in [1.54, 1.807) is 25.7 Å². The van der Waals surface area contributed by atoms with Crippen molar-refractivity contribution in [3.63, 3.8) is 0 Å². The molecule has 0 saturated heterocycles. The number of nitrogens with zero attached hydrogens (tertiary/aromatic N) is 2. The monoisotopic (exact) mass is 273 g/mol. The van der Waals surface area contributed by atoms with E-state index in [1.165, 1.54) is 0 Å². The summed E-state index contributed by atoms with van der Waals surface area (Å²) in [6.07, 6.45) is -0.565. The molecule has 0 aliphatic carbocycles. The smallest absolute Gasteiger partial charge is 0.408 e. The Kier molecular flexibility index (Phi) is 7.44. The van der Waals surface area contributed by atoms with Crippen LogP contribution in [0.5, 0.6) is 0 Å². The van der Waals surface area contributed by atoms with Gasteiger partial charge in [-0.2, -0.15) is 0 Å². The number of hydrogen-bond acceptors (Lipinski definition) is 4. The van der Waals surface area contributed by atoms with Crippen LogP contribution in [-0.4, -0.2) is 67.7 Å². The minimum Gasteiger partial charge on any atom is -0.444 e. The first-order valence-corrected chi connectivity index (χ1v) is 6.55. The zero-order valence-electron chi connectivity index (χ0n) is 12.9. The molecule has 19 heavy (non-hydrogen) atoms. The number of hydrogen-bond donors (Lipinski definition) is 1. The van der Waals surface area contributed by atoms with E-state index in [0.717, 1.165) is 6.54 Å². The number of carbonyl (C=O) groups is 2. The lowest BCUT2D eigenvalue weighted by Crippen LogP contribution is -2.43. The Morgan fingerprint density at radius 2 is 1.74 bits per heavy atom. The normalized spacial score (nSPS) is 11.3. The highest BCUT2D eigenvalue weighted by atomic mass is 16.6. The van der Waals surface area contributed by atoms with E-state index < -0.39 is 11.7 Å². The fourth-order valence-electron chi connectivity index (χ4n) is 1.35. The molecule has 0 unspecified atom stereocenters. The molecule has 0 rings (SSSR count). The maximum Gasteiger partial charge on any atom is 0.408 e. The van der Waals surface area contributed by atoms with Crippen LogP contribution in [-0.2, 0) is 9.53 Å². The van der Waals surface area contributed by atoms with E-state index in [1.807, 2.05) is 25.9 Å². The van der Waals surface area contributed by atoms with Crippen molar-refractivity contribution in [2.75, 3.05) is 40.3 Å². The van der Waals surface area contributed by atoms with Crippen molar-refractivity contribution in [2.45, 2.75) is 33.3 Å². The summed E-state index contributed by atoms with van der Waals surface area (Å²) in [5, 5.41) is 2.48. The predicted molar refractivity (Wildman–Crippen MR) is 75.0 cm³/mol. The fourth-order valence-corrected chi connectivity index (χ4v) is 1.35. The lowest BCUT2D eigenvalue weighted by Gasteiger charge is -2.24. The summed E-state index contributed by atoms with van der Waals surface area (Å²) in [6, 6.07) is 0. The first-order valence-electron chi connectivity index (χ1n) is 6.55. The zero-order valence-corrected chi connectivity index (χ0v) is 12.9. The van der Waals surface area contributed by atoms with Crippen LogP contribution in [0.4, 0.5) is 4.79 Å². The van der Waals surface area contributed by atoms with E-state index in [2.05, 4.69) is 5.32 Å². The number of carbonyl (C=O) groups excluding carboxylic acids is 2. The van der Waals surface area contributed by atoms with Gasteiger partial charge in [0.25, 0.3) is 0 Å². The predicted octanol–water partition coefficient (Wildman–Crippen LogP) is 0.921. The molecule has 6 heteroatoms. The number of amides is 2. The minimum atomic E-state index is -0.565. The second-order valence-corrected chi connectivity index (χ2v) is 5.63. The lowest BCUT2D eigenvalue weighted by molar-refractivity contribution is -0.130. The van der Waals surface area contributed by atoms with Crippen LogP contribution in [0.2, 0.25) is 0 Å². The van der Waals surface area contributed by atoms with E-state index in [-0.39, 0.29) is 12.5 Å². The number of alkyl carbamates (subject to hydrolysis) is 1. The molecule has 0 bridgehead atoms. The Bertz CT molecular complexity index is 298. The molecule has 0 saturated carbocycles. The van der Waals surface area contributed by atoms with Gasteiger partial charge >= 0.3 is 6.09 Å². The van der Waals surface area contributed by atoms with Crippen molar-refractivity contribution in [1.29, 1.82) is 0 Å². The molecule has 0 atom stereocenters. The summed E-state index contributed by atoms with van der Waals surface area (Å²) in [5.74, 6) is -0.102. The highest BCUT2D eigenvalue weighted by Gasteiger charge is 2.18. The zero-order chi connectivity index (χ0) is 15.1. The Morgan fingerprint density at radius 1 is 1.16 bits per heavy atom. The molecular weight excluding hydrogens is 246 g/mol. The van der Waals surface area contributed by atoms with Crippen LogP contribution in [0.1, 0.15) is 27.7 Å². The van der Waals surface area contributed by atoms with Gasteiger partial charge in [0.15, 0.2) is 0 Å². The van der Waals surface area contributed by atoms with Gasteiger partial charge in [-0.1, -0.05) is 0 Å². The molecule has 0 spiro atoms. The maximum absolute atomic E-state index is 11.9. The van der Waals surface area contributed by atoms with E-state index in [0.29, 0.717) is 13.1 Å². The van der Waals surface area contributed by atoms with Crippen molar-refractivity contribution < 1.29 is 14.3 Å². The van der Waals surface area contributed by atoms with Crippen LogP contribution in [0, 0.1) is 0 Å². The van der Waals surface area contributed by atoms with E-state index in [9.17, 15) is 9.59 Å². The summed E-state index contributed by atoms with van der Waals surface area (Å²) >= 11 is 0. The Balaban J connectivity index is 4.10. The third-order valence-corrected chi connectivity index (χ3v) is 2.33. The van der Waals surface area contributed by atoms with Crippen LogP contribution >= 0.6 is 0 Å². The summed E-state index contributed by atoms with van der Waals surface area (Å²) in [7, 11) is 3.91. The molecule has 6 nitrogen and oxygen atoms in total. The number of rotatable bonds is 6. The topological polar surface area (TPSA) is 61.9 Å². The molecule has 0 aromatic rings.